The number of unbranched alkanes of at least 4 members (excludes halogenated alkanes) is 2. The van der Waals surface area contributed by atoms with E-state index >= 15 is 0 Å². The van der Waals surface area contributed by atoms with Crippen molar-refractivity contribution in [3.05, 3.63) is 6.92 Å². The monoisotopic (exact) mass is 123 g/mol. The van der Waals surface area contributed by atoms with E-state index in [-0.39, 0.29) is 0 Å². The molecule has 0 aliphatic rings. The lowest BCUT2D eigenvalue weighted by molar-refractivity contribution is 0.598. The van der Waals surface area contributed by atoms with Crippen LogP contribution < -0.4 is 0 Å². The van der Waals surface area contributed by atoms with Gasteiger partial charge in [-0.1, -0.05) is 33.1 Å². The van der Waals surface area contributed by atoms with Crippen LogP contribution in [0.2, 0.25) is 0 Å². The van der Waals surface area contributed by atoms with Crippen LogP contribution in [0.5, 0.6) is 0 Å². The molecule has 0 saturated heterocycles. The maximum atomic E-state index is 5.19. The van der Waals surface area contributed by atoms with Crippen LogP contribution in [0.4, 0.5) is 0 Å². The van der Waals surface area contributed by atoms with E-state index in [0.717, 1.165) is 12.8 Å². The van der Waals surface area contributed by atoms with Crippen LogP contribution in [0.25, 0.3) is 0 Å². The molecule has 0 amide bonds. The zero-order valence-corrected chi connectivity index (χ0v) is 6.19. The van der Waals surface area contributed by atoms with Gasteiger partial charge < -0.3 is 0 Å². The van der Waals surface area contributed by atoms with Gasteiger partial charge in [0.1, 0.15) is 0 Å². The fourth-order valence-electron chi connectivity index (χ4n) is 0.711. The van der Waals surface area contributed by atoms with Gasteiger partial charge in [0.15, 0.2) is 0 Å². The Morgan fingerprint density at radius 1 is 1.56 bits per heavy atom. The van der Waals surface area contributed by atoms with Gasteiger partial charge >= 0.3 is 0 Å². The van der Waals surface area contributed by atoms with Crippen molar-refractivity contribution in [3.63, 3.8) is 0 Å². The summed E-state index contributed by atoms with van der Waals surface area (Å²) < 4.78 is 0. The SMILES string of the molecule is C#CC(C)CCCC[CH2]. The third-order valence-corrected chi connectivity index (χ3v) is 1.42. The molecule has 0 rings (SSSR count). The molecule has 0 aliphatic heterocycles. The average molecular weight is 123 g/mol. The highest BCUT2D eigenvalue weighted by molar-refractivity contribution is 4.89. The maximum Gasteiger partial charge on any atom is 0.0171 e. The number of hydrogen-bond donors (Lipinski definition) is 0. The molecule has 0 bridgehead atoms. The van der Waals surface area contributed by atoms with Gasteiger partial charge in [0, 0.05) is 5.92 Å². The van der Waals surface area contributed by atoms with Gasteiger partial charge in [-0.2, -0.15) is 0 Å². The molecule has 1 unspecified atom stereocenters. The molecule has 0 nitrogen and oxygen atoms in total. The molecule has 0 spiro atoms. The lowest BCUT2D eigenvalue weighted by Crippen LogP contribution is -1.88. The van der Waals surface area contributed by atoms with Crippen LogP contribution in [-0.2, 0) is 0 Å². The third-order valence-electron chi connectivity index (χ3n) is 1.42. The number of terminal acetylenes is 1. The summed E-state index contributed by atoms with van der Waals surface area (Å²) in [5, 5.41) is 0. The first-order chi connectivity index (χ1) is 4.31. The summed E-state index contributed by atoms with van der Waals surface area (Å²) in [4.78, 5) is 0. The Kier molecular flexibility index (Phi) is 5.41. The van der Waals surface area contributed by atoms with Crippen molar-refractivity contribution in [2.75, 3.05) is 0 Å². The van der Waals surface area contributed by atoms with E-state index in [2.05, 4.69) is 19.8 Å². The van der Waals surface area contributed by atoms with Gasteiger partial charge in [-0.3, -0.25) is 0 Å². The summed E-state index contributed by atoms with van der Waals surface area (Å²) in [6.45, 7) is 5.84. The standard InChI is InChI=1S/C9H15/c1-4-6-7-8-9(3)5-2/h2,9H,1,4,6-8H2,3H3. The quantitative estimate of drug-likeness (QED) is 0.398. The minimum atomic E-state index is 0.455. The molecule has 9 heavy (non-hydrogen) atoms. The fourth-order valence-corrected chi connectivity index (χ4v) is 0.711. The Hall–Kier alpha value is -0.440. The smallest absolute Gasteiger partial charge is 0.0171 e. The van der Waals surface area contributed by atoms with Gasteiger partial charge in [0.05, 0.1) is 0 Å². The first-order valence-electron chi connectivity index (χ1n) is 3.56. The maximum absolute atomic E-state index is 5.19. The van der Waals surface area contributed by atoms with Gasteiger partial charge in [0.2, 0.25) is 0 Å². The van der Waals surface area contributed by atoms with Crippen LogP contribution >= 0.6 is 0 Å². The third kappa shape index (κ3) is 5.43. The van der Waals surface area contributed by atoms with Crippen molar-refractivity contribution in [2.45, 2.75) is 32.6 Å². The second kappa shape index (κ2) is 5.69. The normalized spacial score (nSPS) is 12.6. The Bertz CT molecular complexity index is 86.7. The van der Waals surface area contributed by atoms with E-state index in [4.69, 9.17) is 6.42 Å². The average Bonchev–Trinajstić information content (AvgIpc) is 1.89. The Balaban J connectivity index is 2.99. The Morgan fingerprint density at radius 2 is 2.22 bits per heavy atom. The molecule has 0 aliphatic carbocycles. The predicted molar refractivity (Wildman–Crippen MR) is 41.8 cm³/mol. The largest absolute Gasteiger partial charge is 0.120 e. The summed E-state index contributed by atoms with van der Waals surface area (Å²) in [7, 11) is 0. The fraction of sp³-hybridized carbons (Fsp3) is 0.667. The van der Waals surface area contributed by atoms with Crippen molar-refractivity contribution in [2.24, 2.45) is 5.92 Å². The van der Waals surface area contributed by atoms with Crippen LogP contribution in [0, 0.1) is 25.2 Å². The zero-order valence-electron chi connectivity index (χ0n) is 6.19. The summed E-state index contributed by atoms with van der Waals surface area (Å²) in [6, 6.07) is 0. The molecular weight excluding hydrogens is 108 g/mol. The molecule has 1 atom stereocenters. The summed E-state index contributed by atoms with van der Waals surface area (Å²) in [5.41, 5.74) is 0. The summed E-state index contributed by atoms with van der Waals surface area (Å²) >= 11 is 0. The van der Waals surface area contributed by atoms with Crippen LogP contribution in [0.3, 0.4) is 0 Å². The predicted octanol–water partition coefficient (Wildman–Crippen LogP) is 2.65. The van der Waals surface area contributed by atoms with Gasteiger partial charge in [-0.15, -0.1) is 12.3 Å². The van der Waals surface area contributed by atoms with E-state index in [1.54, 1.807) is 0 Å². The minimum absolute atomic E-state index is 0.455. The summed E-state index contributed by atoms with van der Waals surface area (Å²) in [5.74, 6) is 3.16. The van der Waals surface area contributed by atoms with E-state index in [1.165, 1.54) is 12.8 Å². The van der Waals surface area contributed by atoms with Crippen LogP contribution in [0.15, 0.2) is 0 Å². The highest BCUT2D eigenvalue weighted by atomic mass is 14.0. The second-order valence-corrected chi connectivity index (χ2v) is 2.42. The highest BCUT2D eigenvalue weighted by Gasteiger charge is 1.93. The zero-order chi connectivity index (χ0) is 7.11. The molecule has 0 heteroatoms. The lowest BCUT2D eigenvalue weighted by Gasteiger charge is -2.00. The van der Waals surface area contributed by atoms with E-state index in [0.29, 0.717) is 5.92 Å². The number of hydrogen-bond acceptors (Lipinski definition) is 0. The molecular formula is C9H15. The topological polar surface area (TPSA) is 0 Å². The van der Waals surface area contributed by atoms with Gasteiger partial charge in [-0.05, 0) is 6.42 Å². The van der Waals surface area contributed by atoms with E-state index in [9.17, 15) is 0 Å². The van der Waals surface area contributed by atoms with Crippen LogP contribution in [-0.4, -0.2) is 0 Å². The molecule has 0 fully saturated rings. The molecule has 1 radical (unpaired) electrons. The second-order valence-electron chi connectivity index (χ2n) is 2.42. The van der Waals surface area contributed by atoms with Crippen molar-refractivity contribution >= 4 is 0 Å². The molecule has 0 aromatic rings. The van der Waals surface area contributed by atoms with Crippen LogP contribution in [0.1, 0.15) is 32.6 Å². The number of rotatable bonds is 4. The van der Waals surface area contributed by atoms with E-state index in [1.807, 2.05) is 0 Å². The highest BCUT2D eigenvalue weighted by Crippen LogP contribution is 2.06. The molecule has 0 heterocycles. The van der Waals surface area contributed by atoms with Crippen molar-refractivity contribution in [3.8, 4) is 12.3 Å². The van der Waals surface area contributed by atoms with E-state index < -0.39 is 0 Å². The minimum Gasteiger partial charge on any atom is -0.120 e. The summed E-state index contributed by atoms with van der Waals surface area (Å²) in [6.07, 6.45) is 9.83. The van der Waals surface area contributed by atoms with Crippen molar-refractivity contribution in [1.82, 2.24) is 0 Å². The molecule has 51 valence electrons. The van der Waals surface area contributed by atoms with Gasteiger partial charge in [-0.25, -0.2) is 0 Å². The Labute approximate surface area is 58.7 Å². The van der Waals surface area contributed by atoms with Crippen molar-refractivity contribution in [1.29, 1.82) is 0 Å². The van der Waals surface area contributed by atoms with Crippen molar-refractivity contribution < 1.29 is 0 Å². The Morgan fingerprint density at radius 3 is 2.67 bits per heavy atom. The molecule has 0 N–H and O–H groups in total. The lowest BCUT2D eigenvalue weighted by atomic mass is 10.0. The first-order valence-corrected chi connectivity index (χ1v) is 3.56. The van der Waals surface area contributed by atoms with Gasteiger partial charge in [0.25, 0.3) is 0 Å². The molecule has 0 aromatic heterocycles. The first kappa shape index (κ1) is 8.56. The molecule has 0 aromatic carbocycles. The molecule has 0 saturated carbocycles.